The van der Waals surface area contributed by atoms with Crippen LogP contribution in [0.5, 0.6) is 0 Å². The standard InChI is InChI=1S/C10H19N3O2/c1-7(9(14)11-2)12-10(15)8-5-4-6-13(8)3/h7-8H,4-6H2,1-3H3,(H,11,14)(H,12,15)/t7-,8+/m0/s1. The second-order valence-corrected chi connectivity index (χ2v) is 3.98. The molecular formula is C10H19N3O2. The summed E-state index contributed by atoms with van der Waals surface area (Å²) in [6.07, 6.45) is 1.92. The van der Waals surface area contributed by atoms with Crippen molar-refractivity contribution in [3.8, 4) is 0 Å². The molecule has 1 rings (SSSR count). The molecule has 0 aromatic heterocycles. The summed E-state index contributed by atoms with van der Waals surface area (Å²) in [6.45, 7) is 2.64. The van der Waals surface area contributed by atoms with Crippen molar-refractivity contribution in [2.75, 3.05) is 20.6 Å². The van der Waals surface area contributed by atoms with Crippen LogP contribution in [0.1, 0.15) is 19.8 Å². The minimum atomic E-state index is -0.462. The third-order valence-electron chi connectivity index (χ3n) is 2.82. The largest absolute Gasteiger partial charge is 0.357 e. The second-order valence-electron chi connectivity index (χ2n) is 3.98. The Morgan fingerprint density at radius 1 is 1.47 bits per heavy atom. The van der Waals surface area contributed by atoms with Crippen LogP contribution in [0.15, 0.2) is 0 Å². The zero-order chi connectivity index (χ0) is 11.4. The normalized spacial score (nSPS) is 23.5. The number of carbonyl (C=O) groups is 2. The van der Waals surface area contributed by atoms with E-state index >= 15 is 0 Å². The first-order chi connectivity index (χ1) is 7.06. The number of amides is 2. The number of hydrogen-bond acceptors (Lipinski definition) is 3. The molecule has 1 aliphatic rings. The van der Waals surface area contributed by atoms with Crippen LogP contribution in [0.3, 0.4) is 0 Å². The molecule has 0 aromatic carbocycles. The summed E-state index contributed by atoms with van der Waals surface area (Å²) in [6, 6.07) is -0.534. The van der Waals surface area contributed by atoms with Gasteiger partial charge in [0, 0.05) is 7.05 Å². The van der Waals surface area contributed by atoms with Crippen LogP contribution in [0.4, 0.5) is 0 Å². The highest BCUT2D eigenvalue weighted by molar-refractivity contribution is 5.89. The quantitative estimate of drug-likeness (QED) is 0.653. The van der Waals surface area contributed by atoms with Crippen LogP contribution in [0.2, 0.25) is 0 Å². The lowest BCUT2D eigenvalue weighted by Gasteiger charge is -2.20. The molecule has 0 spiro atoms. The molecule has 15 heavy (non-hydrogen) atoms. The fraction of sp³-hybridized carbons (Fsp3) is 0.800. The van der Waals surface area contributed by atoms with Gasteiger partial charge in [0.15, 0.2) is 0 Å². The predicted octanol–water partition coefficient (Wildman–Crippen LogP) is -0.669. The lowest BCUT2D eigenvalue weighted by molar-refractivity contribution is -0.130. The van der Waals surface area contributed by atoms with Gasteiger partial charge in [0.1, 0.15) is 6.04 Å². The molecule has 1 fully saturated rings. The third kappa shape index (κ3) is 2.92. The Hall–Kier alpha value is -1.10. The van der Waals surface area contributed by atoms with E-state index in [0.29, 0.717) is 0 Å². The Labute approximate surface area is 90.2 Å². The number of carbonyl (C=O) groups excluding carboxylic acids is 2. The molecule has 2 amide bonds. The first-order valence-electron chi connectivity index (χ1n) is 5.28. The molecule has 0 unspecified atom stereocenters. The lowest BCUT2D eigenvalue weighted by atomic mass is 10.2. The SMILES string of the molecule is CNC(=O)[C@H](C)NC(=O)[C@H]1CCCN1C. The van der Waals surface area contributed by atoms with E-state index in [1.165, 1.54) is 0 Å². The van der Waals surface area contributed by atoms with Gasteiger partial charge in [0.05, 0.1) is 6.04 Å². The number of rotatable bonds is 3. The molecule has 0 bridgehead atoms. The van der Waals surface area contributed by atoms with Crippen molar-refractivity contribution in [1.82, 2.24) is 15.5 Å². The molecule has 86 valence electrons. The molecule has 1 aliphatic heterocycles. The highest BCUT2D eigenvalue weighted by Gasteiger charge is 2.29. The summed E-state index contributed by atoms with van der Waals surface area (Å²) in [5.41, 5.74) is 0. The van der Waals surface area contributed by atoms with E-state index in [1.807, 2.05) is 11.9 Å². The number of likely N-dealkylation sites (N-methyl/N-ethyl adjacent to an activating group) is 2. The van der Waals surface area contributed by atoms with E-state index in [2.05, 4.69) is 10.6 Å². The van der Waals surface area contributed by atoms with Crippen LogP contribution in [-0.4, -0.2) is 49.4 Å². The summed E-state index contributed by atoms with van der Waals surface area (Å²) in [5, 5.41) is 5.21. The average Bonchev–Trinajstić information content (AvgIpc) is 2.63. The first kappa shape index (κ1) is 12.0. The van der Waals surface area contributed by atoms with Gasteiger partial charge in [0.25, 0.3) is 0 Å². The number of likely N-dealkylation sites (tertiary alicyclic amines) is 1. The zero-order valence-corrected chi connectivity index (χ0v) is 9.54. The molecule has 5 heteroatoms. The summed E-state index contributed by atoms with van der Waals surface area (Å²) in [4.78, 5) is 25.0. The molecule has 2 N–H and O–H groups in total. The van der Waals surface area contributed by atoms with E-state index < -0.39 is 6.04 Å². The maximum Gasteiger partial charge on any atom is 0.242 e. The molecule has 1 saturated heterocycles. The fourth-order valence-corrected chi connectivity index (χ4v) is 1.83. The second kappa shape index (κ2) is 5.11. The van der Waals surface area contributed by atoms with E-state index in [-0.39, 0.29) is 17.9 Å². The molecular weight excluding hydrogens is 194 g/mol. The van der Waals surface area contributed by atoms with Crippen LogP contribution < -0.4 is 10.6 Å². The summed E-state index contributed by atoms with van der Waals surface area (Å²) < 4.78 is 0. The molecule has 5 nitrogen and oxygen atoms in total. The molecule has 0 saturated carbocycles. The minimum Gasteiger partial charge on any atom is -0.357 e. The Morgan fingerprint density at radius 2 is 2.13 bits per heavy atom. The van der Waals surface area contributed by atoms with Gasteiger partial charge in [-0.25, -0.2) is 0 Å². The maximum atomic E-state index is 11.8. The lowest BCUT2D eigenvalue weighted by Crippen LogP contribution is -2.49. The van der Waals surface area contributed by atoms with Crippen LogP contribution in [0.25, 0.3) is 0 Å². The molecule has 1 heterocycles. The Balaban J connectivity index is 2.44. The van der Waals surface area contributed by atoms with Crippen molar-refractivity contribution in [3.63, 3.8) is 0 Å². The summed E-state index contributed by atoms with van der Waals surface area (Å²) in [5.74, 6) is -0.213. The molecule has 0 aliphatic carbocycles. The topological polar surface area (TPSA) is 61.4 Å². The first-order valence-corrected chi connectivity index (χ1v) is 5.28. The van der Waals surface area contributed by atoms with Crippen molar-refractivity contribution < 1.29 is 9.59 Å². The Morgan fingerprint density at radius 3 is 2.60 bits per heavy atom. The number of hydrogen-bond donors (Lipinski definition) is 2. The van der Waals surface area contributed by atoms with Gasteiger partial charge in [-0.2, -0.15) is 0 Å². The van der Waals surface area contributed by atoms with Gasteiger partial charge in [-0.05, 0) is 33.4 Å². The van der Waals surface area contributed by atoms with Crippen molar-refractivity contribution in [2.45, 2.75) is 31.8 Å². The summed E-state index contributed by atoms with van der Waals surface area (Å²) in [7, 11) is 3.49. The van der Waals surface area contributed by atoms with Gasteiger partial charge in [-0.15, -0.1) is 0 Å². The Kier molecular flexibility index (Phi) is 4.08. The molecule has 0 radical (unpaired) electrons. The van der Waals surface area contributed by atoms with E-state index in [0.717, 1.165) is 19.4 Å². The van der Waals surface area contributed by atoms with Gasteiger partial charge in [0.2, 0.25) is 11.8 Å². The molecule has 0 aromatic rings. The van der Waals surface area contributed by atoms with Gasteiger partial charge in [-0.3, -0.25) is 14.5 Å². The van der Waals surface area contributed by atoms with Crippen molar-refractivity contribution in [2.24, 2.45) is 0 Å². The van der Waals surface area contributed by atoms with Gasteiger partial charge >= 0.3 is 0 Å². The molecule has 2 atom stereocenters. The van der Waals surface area contributed by atoms with Gasteiger partial charge < -0.3 is 10.6 Å². The van der Waals surface area contributed by atoms with Gasteiger partial charge in [-0.1, -0.05) is 0 Å². The van der Waals surface area contributed by atoms with E-state index in [4.69, 9.17) is 0 Å². The summed E-state index contributed by atoms with van der Waals surface area (Å²) >= 11 is 0. The van der Waals surface area contributed by atoms with Crippen LogP contribution in [-0.2, 0) is 9.59 Å². The highest BCUT2D eigenvalue weighted by Crippen LogP contribution is 2.14. The fourth-order valence-electron chi connectivity index (χ4n) is 1.83. The highest BCUT2D eigenvalue weighted by atomic mass is 16.2. The van der Waals surface area contributed by atoms with E-state index in [1.54, 1.807) is 14.0 Å². The number of nitrogens with zero attached hydrogens (tertiary/aromatic N) is 1. The zero-order valence-electron chi connectivity index (χ0n) is 9.54. The van der Waals surface area contributed by atoms with Crippen molar-refractivity contribution in [1.29, 1.82) is 0 Å². The van der Waals surface area contributed by atoms with Crippen LogP contribution >= 0.6 is 0 Å². The van der Waals surface area contributed by atoms with Crippen LogP contribution in [0, 0.1) is 0 Å². The van der Waals surface area contributed by atoms with E-state index in [9.17, 15) is 9.59 Å². The van der Waals surface area contributed by atoms with Crippen molar-refractivity contribution in [3.05, 3.63) is 0 Å². The monoisotopic (exact) mass is 213 g/mol. The van der Waals surface area contributed by atoms with Crippen molar-refractivity contribution >= 4 is 11.8 Å². The predicted molar refractivity (Wildman–Crippen MR) is 57.3 cm³/mol. The average molecular weight is 213 g/mol. The maximum absolute atomic E-state index is 11.8. The smallest absolute Gasteiger partial charge is 0.242 e. The number of nitrogens with one attached hydrogen (secondary N) is 2. The minimum absolute atomic E-state index is 0.0499. The third-order valence-corrected chi connectivity index (χ3v) is 2.82. The Bertz CT molecular complexity index is 255.